The van der Waals surface area contributed by atoms with Crippen LogP contribution in [0.4, 0.5) is 0 Å². The molecule has 6 heteroatoms. The van der Waals surface area contributed by atoms with Gasteiger partial charge in [-0.25, -0.2) is 0 Å². The molecule has 2 rings (SSSR count). The average molecular weight is 304 g/mol. The number of benzene rings is 1. The van der Waals surface area contributed by atoms with E-state index in [-0.39, 0.29) is 18.2 Å². The molecule has 0 bridgehead atoms. The van der Waals surface area contributed by atoms with Crippen molar-refractivity contribution in [3.63, 3.8) is 0 Å². The largest absolute Gasteiger partial charge is 0.481 e. The van der Waals surface area contributed by atoms with Crippen molar-refractivity contribution in [3.05, 3.63) is 35.4 Å². The molecule has 2 amide bonds. The number of carbonyl (C=O) groups excluding carboxylic acids is 2. The Hall–Kier alpha value is -2.37. The highest BCUT2D eigenvalue weighted by Crippen LogP contribution is 2.19. The van der Waals surface area contributed by atoms with E-state index in [2.05, 4.69) is 5.32 Å². The number of nitrogens with zero attached hydrogens (tertiary/aromatic N) is 1. The van der Waals surface area contributed by atoms with Gasteiger partial charge >= 0.3 is 5.97 Å². The van der Waals surface area contributed by atoms with Crippen LogP contribution >= 0.6 is 0 Å². The highest BCUT2D eigenvalue weighted by atomic mass is 16.4. The molecule has 0 spiro atoms. The first-order valence-electron chi connectivity index (χ1n) is 7.35. The summed E-state index contributed by atoms with van der Waals surface area (Å²) in [5.74, 6) is -1.16. The molecule has 6 nitrogen and oxygen atoms in total. The van der Waals surface area contributed by atoms with E-state index in [0.29, 0.717) is 30.1 Å². The van der Waals surface area contributed by atoms with Crippen molar-refractivity contribution in [1.82, 2.24) is 10.2 Å². The van der Waals surface area contributed by atoms with Crippen LogP contribution in [0.5, 0.6) is 0 Å². The summed E-state index contributed by atoms with van der Waals surface area (Å²) < 4.78 is 0. The molecule has 0 aromatic heterocycles. The predicted octanol–water partition coefficient (Wildman–Crippen LogP) is 1.52. The van der Waals surface area contributed by atoms with Gasteiger partial charge in [0.05, 0.1) is 0 Å². The second-order valence-electron chi connectivity index (χ2n) is 5.55. The van der Waals surface area contributed by atoms with Gasteiger partial charge in [0.1, 0.15) is 0 Å². The first-order chi connectivity index (χ1) is 10.5. The molecule has 2 N–H and O–H groups in total. The first-order valence-corrected chi connectivity index (χ1v) is 7.35. The van der Waals surface area contributed by atoms with Gasteiger partial charge in [-0.15, -0.1) is 0 Å². The van der Waals surface area contributed by atoms with Gasteiger partial charge in [-0.1, -0.05) is 0 Å². The SMILES string of the molecule is CN(CCCC(=O)O)C(=O)c1ccc(C(=O)NC2CC2)cc1. The van der Waals surface area contributed by atoms with Crippen LogP contribution < -0.4 is 5.32 Å². The van der Waals surface area contributed by atoms with Gasteiger partial charge in [-0.05, 0) is 43.5 Å². The number of carboxylic acids is 1. The fraction of sp³-hybridized carbons (Fsp3) is 0.438. The lowest BCUT2D eigenvalue weighted by Gasteiger charge is -2.16. The smallest absolute Gasteiger partial charge is 0.303 e. The number of hydrogen-bond acceptors (Lipinski definition) is 3. The third-order valence-corrected chi connectivity index (χ3v) is 3.54. The molecule has 1 aliphatic carbocycles. The third kappa shape index (κ3) is 4.58. The van der Waals surface area contributed by atoms with E-state index < -0.39 is 5.97 Å². The Balaban J connectivity index is 1.89. The van der Waals surface area contributed by atoms with Crippen LogP contribution in [0.25, 0.3) is 0 Å². The van der Waals surface area contributed by atoms with Crippen LogP contribution in [0.15, 0.2) is 24.3 Å². The van der Waals surface area contributed by atoms with Crippen LogP contribution in [0.1, 0.15) is 46.4 Å². The molecule has 0 unspecified atom stereocenters. The van der Waals surface area contributed by atoms with E-state index in [4.69, 9.17) is 5.11 Å². The summed E-state index contributed by atoms with van der Waals surface area (Å²) in [7, 11) is 1.64. The fourth-order valence-electron chi connectivity index (χ4n) is 2.05. The van der Waals surface area contributed by atoms with Crippen molar-refractivity contribution in [2.24, 2.45) is 0 Å². The molecule has 0 saturated heterocycles. The maximum absolute atomic E-state index is 12.2. The number of carboxylic acid groups (broad SMARTS) is 1. The highest BCUT2D eigenvalue weighted by molar-refractivity contribution is 5.97. The number of hydrogen-bond donors (Lipinski definition) is 2. The zero-order valence-corrected chi connectivity index (χ0v) is 12.5. The maximum atomic E-state index is 12.2. The third-order valence-electron chi connectivity index (χ3n) is 3.54. The molecule has 1 saturated carbocycles. The summed E-state index contributed by atoms with van der Waals surface area (Å²) in [6.45, 7) is 0.384. The van der Waals surface area contributed by atoms with Crippen LogP contribution in [0, 0.1) is 0 Å². The van der Waals surface area contributed by atoms with Gasteiger partial charge in [0.15, 0.2) is 0 Å². The normalized spacial score (nSPS) is 13.5. The number of amides is 2. The summed E-state index contributed by atoms with van der Waals surface area (Å²) in [5, 5.41) is 11.5. The molecule has 118 valence electrons. The first kappa shape index (κ1) is 16.0. The lowest BCUT2D eigenvalue weighted by Crippen LogP contribution is -2.28. The summed E-state index contributed by atoms with van der Waals surface area (Å²) in [5.41, 5.74) is 1.03. The van der Waals surface area contributed by atoms with Gasteiger partial charge in [0.25, 0.3) is 11.8 Å². The van der Waals surface area contributed by atoms with E-state index in [1.165, 1.54) is 4.90 Å². The highest BCUT2D eigenvalue weighted by Gasteiger charge is 2.23. The second kappa shape index (κ2) is 7.06. The van der Waals surface area contributed by atoms with E-state index in [0.717, 1.165) is 12.8 Å². The molecule has 1 aliphatic rings. The average Bonchev–Trinajstić information content (AvgIpc) is 3.30. The zero-order valence-electron chi connectivity index (χ0n) is 12.5. The Labute approximate surface area is 129 Å². The molecule has 0 aliphatic heterocycles. The summed E-state index contributed by atoms with van der Waals surface area (Å²) in [6.07, 6.45) is 2.52. The Morgan fingerprint density at radius 3 is 2.32 bits per heavy atom. The van der Waals surface area contributed by atoms with E-state index in [1.807, 2.05) is 0 Å². The Kier molecular flexibility index (Phi) is 5.14. The van der Waals surface area contributed by atoms with Crippen LogP contribution in [0.2, 0.25) is 0 Å². The van der Waals surface area contributed by atoms with Crippen molar-refractivity contribution in [2.45, 2.75) is 31.7 Å². The summed E-state index contributed by atoms with van der Waals surface area (Å²) in [6, 6.07) is 6.82. The quantitative estimate of drug-likeness (QED) is 0.799. The Morgan fingerprint density at radius 2 is 1.77 bits per heavy atom. The van der Waals surface area contributed by atoms with Crippen LogP contribution in [-0.2, 0) is 4.79 Å². The Morgan fingerprint density at radius 1 is 1.18 bits per heavy atom. The van der Waals surface area contributed by atoms with E-state index >= 15 is 0 Å². The molecule has 0 radical (unpaired) electrons. The minimum Gasteiger partial charge on any atom is -0.481 e. The van der Waals surface area contributed by atoms with Crippen molar-refractivity contribution < 1.29 is 19.5 Å². The number of nitrogens with one attached hydrogen (secondary N) is 1. The van der Waals surface area contributed by atoms with Gasteiger partial charge in [0, 0.05) is 37.2 Å². The fourth-order valence-corrected chi connectivity index (χ4v) is 2.05. The monoisotopic (exact) mass is 304 g/mol. The minimum atomic E-state index is -0.869. The molecular formula is C16H20N2O4. The number of carbonyl (C=O) groups is 3. The molecule has 1 fully saturated rings. The lowest BCUT2D eigenvalue weighted by molar-refractivity contribution is -0.137. The number of rotatable bonds is 7. The van der Waals surface area contributed by atoms with Crippen LogP contribution in [-0.4, -0.2) is 47.4 Å². The topological polar surface area (TPSA) is 86.7 Å². The van der Waals surface area contributed by atoms with Crippen molar-refractivity contribution in [2.75, 3.05) is 13.6 Å². The molecule has 1 aromatic rings. The standard InChI is InChI=1S/C16H20N2O4/c1-18(10-2-3-14(19)20)16(22)12-6-4-11(5-7-12)15(21)17-13-8-9-13/h4-7,13H,2-3,8-10H2,1H3,(H,17,21)(H,19,20). The van der Waals surface area contributed by atoms with Gasteiger partial charge in [-0.3, -0.25) is 14.4 Å². The second-order valence-corrected chi connectivity index (χ2v) is 5.55. The van der Waals surface area contributed by atoms with Gasteiger partial charge < -0.3 is 15.3 Å². The molecule has 1 aromatic carbocycles. The lowest BCUT2D eigenvalue weighted by atomic mass is 10.1. The maximum Gasteiger partial charge on any atom is 0.303 e. The molecule has 22 heavy (non-hydrogen) atoms. The van der Waals surface area contributed by atoms with Crippen LogP contribution in [0.3, 0.4) is 0 Å². The van der Waals surface area contributed by atoms with E-state index in [1.54, 1.807) is 31.3 Å². The molecule has 0 heterocycles. The number of aliphatic carboxylic acids is 1. The molecule has 0 atom stereocenters. The summed E-state index contributed by atoms with van der Waals surface area (Å²) in [4.78, 5) is 36.0. The zero-order chi connectivity index (χ0) is 16.1. The van der Waals surface area contributed by atoms with E-state index in [9.17, 15) is 14.4 Å². The van der Waals surface area contributed by atoms with Crippen molar-refractivity contribution >= 4 is 17.8 Å². The van der Waals surface area contributed by atoms with Gasteiger partial charge in [0.2, 0.25) is 0 Å². The molecular weight excluding hydrogens is 284 g/mol. The van der Waals surface area contributed by atoms with Crippen molar-refractivity contribution in [3.8, 4) is 0 Å². The Bertz CT molecular complexity index is 564. The predicted molar refractivity (Wildman–Crippen MR) is 80.8 cm³/mol. The summed E-state index contributed by atoms with van der Waals surface area (Å²) >= 11 is 0. The van der Waals surface area contributed by atoms with Crippen molar-refractivity contribution in [1.29, 1.82) is 0 Å². The van der Waals surface area contributed by atoms with Gasteiger partial charge in [-0.2, -0.15) is 0 Å². The minimum absolute atomic E-state index is 0.0396.